The zero-order chi connectivity index (χ0) is 14.3. The van der Waals surface area contributed by atoms with Crippen LogP contribution in [0.2, 0.25) is 0 Å². The quantitative estimate of drug-likeness (QED) is 0.520. The summed E-state index contributed by atoms with van der Waals surface area (Å²) in [6.45, 7) is 4.59. The second-order valence-electron chi connectivity index (χ2n) is 5.31. The fraction of sp³-hybridized carbons (Fsp3) is 0.857. The highest BCUT2D eigenvalue weighted by molar-refractivity contribution is 7.98. The summed E-state index contributed by atoms with van der Waals surface area (Å²) in [5, 5.41) is 3.22. The van der Waals surface area contributed by atoms with Crippen LogP contribution in [-0.2, 0) is 9.59 Å². The molecule has 1 aliphatic heterocycles. The number of nitrogens with one attached hydrogen (secondary N) is 1. The van der Waals surface area contributed by atoms with E-state index in [0.717, 1.165) is 13.0 Å². The van der Waals surface area contributed by atoms with E-state index in [1.807, 2.05) is 25.6 Å². The third-order valence-corrected chi connectivity index (χ3v) is 4.06. The van der Waals surface area contributed by atoms with Crippen molar-refractivity contribution in [3.63, 3.8) is 0 Å². The Balaban J connectivity index is 2.17. The lowest BCUT2D eigenvalue weighted by atomic mass is 10.2. The summed E-state index contributed by atoms with van der Waals surface area (Å²) in [6, 6.07) is -0.320. The molecule has 0 spiro atoms. The largest absolute Gasteiger partial charge is 0.305 e. The minimum atomic E-state index is -0.291. The molecule has 0 bridgehead atoms. The molecule has 1 N–H and O–H groups in total. The van der Waals surface area contributed by atoms with Gasteiger partial charge < -0.3 is 5.32 Å². The van der Waals surface area contributed by atoms with Gasteiger partial charge in [-0.15, -0.1) is 0 Å². The maximum Gasteiger partial charge on any atom is 0.247 e. The van der Waals surface area contributed by atoms with Crippen molar-refractivity contribution in [3.8, 4) is 0 Å². The molecule has 0 aromatic carbocycles. The second kappa shape index (κ2) is 8.59. The summed E-state index contributed by atoms with van der Waals surface area (Å²) in [5.41, 5.74) is 0. The van der Waals surface area contributed by atoms with Gasteiger partial charge in [-0.25, -0.2) is 0 Å². The van der Waals surface area contributed by atoms with Gasteiger partial charge in [-0.3, -0.25) is 14.5 Å². The molecule has 1 rings (SSSR count). The molecule has 4 nitrogen and oxygen atoms in total. The van der Waals surface area contributed by atoms with Gasteiger partial charge in [0.05, 0.1) is 12.5 Å². The topological polar surface area (TPSA) is 49.4 Å². The van der Waals surface area contributed by atoms with Crippen LogP contribution < -0.4 is 5.32 Å². The highest BCUT2D eigenvalue weighted by atomic mass is 32.2. The Morgan fingerprint density at radius 1 is 1.26 bits per heavy atom. The minimum absolute atomic E-state index is 0.0293. The summed E-state index contributed by atoms with van der Waals surface area (Å²) >= 11 is 1.89. The van der Waals surface area contributed by atoms with Gasteiger partial charge in [0, 0.05) is 6.04 Å². The van der Waals surface area contributed by atoms with E-state index < -0.39 is 0 Å². The Hall–Kier alpha value is -0.550. The van der Waals surface area contributed by atoms with Crippen molar-refractivity contribution in [2.75, 3.05) is 18.6 Å². The summed E-state index contributed by atoms with van der Waals surface area (Å²) < 4.78 is 0. The molecule has 0 aliphatic carbocycles. The maximum atomic E-state index is 12.0. The number of hydrogen-bond acceptors (Lipinski definition) is 4. The Morgan fingerprint density at radius 2 is 1.95 bits per heavy atom. The van der Waals surface area contributed by atoms with Crippen molar-refractivity contribution in [1.29, 1.82) is 0 Å². The SMILES string of the molecule is CSCCCCCCNC1CC(=O)N(C(C)C)C1=O. The Morgan fingerprint density at radius 3 is 2.53 bits per heavy atom. The first kappa shape index (κ1) is 16.5. The smallest absolute Gasteiger partial charge is 0.247 e. The number of hydrogen-bond donors (Lipinski definition) is 1. The maximum absolute atomic E-state index is 12.0. The number of rotatable bonds is 9. The molecule has 110 valence electrons. The second-order valence-corrected chi connectivity index (χ2v) is 6.30. The highest BCUT2D eigenvalue weighted by Gasteiger charge is 2.39. The van der Waals surface area contributed by atoms with Crippen LogP contribution in [0, 0.1) is 0 Å². The zero-order valence-electron chi connectivity index (χ0n) is 12.3. The number of nitrogens with zero attached hydrogens (tertiary/aromatic N) is 1. The van der Waals surface area contributed by atoms with Crippen molar-refractivity contribution in [1.82, 2.24) is 10.2 Å². The van der Waals surface area contributed by atoms with E-state index in [1.165, 1.54) is 29.9 Å². The van der Waals surface area contributed by atoms with Gasteiger partial charge in [0.15, 0.2) is 0 Å². The highest BCUT2D eigenvalue weighted by Crippen LogP contribution is 2.16. The first-order chi connectivity index (χ1) is 9.07. The summed E-state index contributed by atoms with van der Waals surface area (Å²) in [7, 11) is 0. The molecule has 1 saturated heterocycles. The molecule has 1 fully saturated rings. The van der Waals surface area contributed by atoms with E-state index in [9.17, 15) is 9.59 Å². The van der Waals surface area contributed by atoms with Crippen molar-refractivity contribution in [2.45, 2.75) is 58.0 Å². The third-order valence-electron chi connectivity index (χ3n) is 3.37. The van der Waals surface area contributed by atoms with Crippen LogP contribution in [0.25, 0.3) is 0 Å². The van der Waals surface area contributed by atoms with Gasteiger partial charge in [-0.2, -0.15) is 11.8 Å². The van der Waals surface area contributed by atoms with Gasteiger partial charge in [-0.05, 0) is 45.2 Å². The van der Waals surface area contributed by atoms with Gasteiger partial charge in [0.1, 0.15) is 0 Å². The molecule has 0 aromatic heterocycles. The van der Waals surface area contributed by atoms with Crippen molar-refractivity contribution in [3.05, 3.63) is 0 Å². The molecular weight excluding hydrogens is 260 g/mol. The number of carbonyl (C=O) groups excluding carboxylic acids is 2. The molecule has 1 heterocycles. The summed E-state index contributed by atoms with van der Waals surface area (Å²) in [4.78, 5) is 25.1. The molecule has 1 aliphatic rings. The normalized spacial score (nSPS) is 19.8. The molecule has 0 aromatic rings. The van der Waals surface area contributed by atoms with Crippen LogP contribution in [0.1, 0.15) is 46.0 Å². The van der Waals surface area contributed by atoms with E-state index in [-0.39, 0.29) is 23.9 Å². The van der Waals surface area contributed by atoms with Crippen molar-refractivity contribution in [2.24, 2.45) is 0 Å². The van der Waals surface area contributed by atoms with E-state index >= 15 is 0 Å². The molecular formula is C14H26N2O2S. The average Bonchev–Trinajstić information content (AvgIpc) is 2.63. The number of thioether (sulfide) groups is 1. The Bertz CT molecular complexity index is 308. The first-order valence-electron chi connectivity index (χ1n) is 7.16. The minimum Gasteiger partial charge on any atom is -0.305 e. The average molecular weight is 286 g/mol. The molecule has 0 saturated carbocycles. The van der Waals surface area contributed by atoms with Crippen LogP contribution in [0.4, 0.5) is 0 Å². The molecule has 1 atom stereocenters. The molecule has 1 unspecified atom stereocenters. The van der Waals surface area contributed by atoms with Gasteiger partial charge in [0.25, 0.3) is 0 Å². The third kappa shape index (κ3) is 5.15. The van der Waals surface area contributed by atoms with E-state index in [4.69, 9.17) is 0 Å². The standard InChI is InChI=1S/C14H26N2O2S/c1-11(2)16-13(17)10-12(14(16)18)15-8-6-4-5-7-9-19-3/h11-12,15H,4-10H2,1-3H3. The number of carbonyl (C=O) groups is 2. The molecule has 0 radical (unpaired) electrons. The van der Waals surface area contributed by atoms with Gasteiger partial charge >= 0.3 is 0 Å². The lowest BCUT2D eigenvalue weighted by Gasteiger charge is -2.19. The van der Waals surface area contributed by atoms with Crippen molar-refractivity contribution < 1.29 is 9.59 Å². The Kier molecular flexibility index (Phi) is 7.46. The number of likely N-dealkylation sites (tertiary alicyclic amines) is 1. The van der Waals surface area contributed by atoms with Gasteiger partial charge in [-0.1, -0.05) is 12.8 Å². The van der Waals surface area contributed by atoms with Crippen molar-refractivity contribution >= 4 is 23.6 Å². The lowest BCUT2D eigenvalue weighted by Crippen LogP contribution is -2.42. The predicted molar refractivity (Wildman–Crippen MR) is 80.2 cm³/mol. The molecule has 2 amide bonds. The van der Waals surface area contributed by atoms with E-state index in [0.29, 0.717) is 6.42 Å². The van der Waals surface area contributed by atoms with E-state index in [2.05, 4.69) is 11.6 Å². The monoisotopic (exact) mass is 286 g/mol. The van der Waals surface area contributed by atoms with Crippen LogP contribution in [0.3, 0.4) is 0 Å². The zero-order valence-corrected chi connectivity index (χ0v) is 13.1. The summed E-state index contributed by atoms with van der Waals surface area (Å²) in [5.74, 6) is 1.13. The summed E-state index contributed by atoms with van der Waals surface area (Å²) in [6.07, 6.45) is 7.24. The van der Waals surface area contributed by atoms with Crippen LogP contribution in [0.15, 0.2) is 0 Å². The number of unbranched alkanes of at least 4 members (excludes halogenated alkanes) is 3. The predicted octanol–water partition coefficient (Wildman–Crippen LogP) is 2.04. The van der Waals surface area contributed by atoms with E-state index in [1.54, 1.807) is 0 Å². The van der Waals surface area contributed by atoms with Crippen LogP contribution >= 0.6 is 11.8 Å². The first-order valence-corrected chi connectivity index (χ1v) is 8.55. The lowest BCUT2D eigenvalue weighted by molar-refractivity contribution is -0.140. The molecule has 19 heavy (non-hydrogen) atoms. The fourth-order valence-electron chi connectivity index (χ4n) is 2.35. The fourth-order valence-corrected chi connectivity index (χ4v) is 2.85. The van der Waals surface area contributed by atoms with Crippen LogP contribution in [0.5, 0.6) is 0 Å². The number of imide groups is 1. The Labute approximate surface area is 120 Å². The molecule has 5 heteroatoms. The number of amides is 2. The van der Waals surface area contributed by atoms with Gasteiger partial charge in [0.2, 0.25) is 11.8 Å². The van der Waals surface area contributed by atoms with Crippen LogP contribution in [-0.4, -0.2) is 47.4 Å².